The van der Waals surface area contributed by atoms with E-state index in [2.05, 4.69) is 13.8 Å². The van der Waals surface area contributed by atoms with Crippen LogP contribution in [0.15, 0.2) is 16.3 Å². The highest BCUT2D eigenvalue weighted by atomic mass is 35.5. The van der Waals surface area contributed by atoms with Gasteiger partial charge in [-0.25, -0.2) is 12.7 Å². The van der Waals surface area contributed by atoms with Crippen LogP contribution < -0.4 is 0 Å². The van der Waals surface area contributed by atoms with Crippen molar-refractivity contribution in [3.63, 3.8) is 0 Å². The van der Waals surface area contributed by atoms with Crippen LogP contribution in [-0.4, -0.2) is 26.3 Å². The van der Waals surface area contributed by atoms with E-state index in [0.29, 0.717) is 22.2 Å². The second-order valence-electron chi connectivity index (χ2n) is 4.35. The van der Waals surface area contributed by atoms with Gasteiger partial charge >= 0.3 is 0 Å². The van der Waals surface area contributed by atoms with Crippen LogP contribution >= 0.6 is 22.9 Å². The molecule has 0 atom stereocenters. The highest BCUT2D eigenvalue weighted by Crippen LogP contribution is 2.26. The van der Waals surface area contributed by atoms with E-state index in [9.17, 15) is 8.42 Å². The molecule has 1 rings (SSSR count). The van der Waals surface area contributed by atoms with Gasteiger partial charge in [0.15, 0.2) is 0 Å². The molecule has 0 aliphatic carbocycles. The molecule has 1 aromatic heterocycles. The van der Waals surface area contributed by atoms with Crippen molar-refractivity contribution >= 4 is 33.0 Å². The third-order valence-electron chi connectivity index (χ3n) is 2.54. The lowest BCUT2D eigenvalue weighted by molar-refractivity contribution is 0.428. The summed E-state index contributed by atoms with van der Waals surface area (Å²) in [5.74, 6) is 0.729. The Labute approximate surface area is 112 Å². The molecule has 0 fully saturated rings. The molecule has 0 radical (unpaired) electrons. The molecule has 3 nitrogen and oxygen atoms in total. The molecule has 0 saturated heterocycles. The van der Waals surface area contributed by atoms with Gasteiger partial charge in [-0.05, 0) is 23.8 Å². The molecule has 17 heavy (non-hydrogen) atoms. The lowest BCUT2D eigenvalue weighted by Gasteiger charge is -2.18. The maximum atomic E-state index is 12.3. The summed E-state index contributed by atoms with van der Waals surface area (Å²) in [4.78, 5) is 1.06. The van der Waals surface area contributed by atoms with Crippen LogP contribution in [0.3, 0.4) is 0 Å². The van der Waals surface area contributed by atoms with E-state index in [-0.39, 0.29) is 5.88 Å². The van der Waals surface area contributed by atoms with Gasteiger partial charge in [-0.2, -0.15) is 0 Å². The van der Waals surface area contributed by atoms with Gasteiger partial charge in [0.1, 0.15) is 0 Å². The van der Waals surface area contributed by atoms with Gasteiger partial charge in [0, 0.05) is 18.5 Å². The van der Waals surface area contributed by atoms with Crippen molar-refractivity contribution in [3.8, 4) is 0 Å². The molecular weight excluding hydrogens is 278 g/mol. The van der Waals surface area contributed by atoms with Crippen molar-refractivity contribution in [2.45, 2.75) is 31.0 Å². The number of rotatable bonds is 6. The quantitative estimate of drug-likeness (QED) is 0.756. The average molecular weight is 296 g/mol. The highest BCUT2D eigenvalue weighted by molar-refractivity contribution is 7.89. The molecule has 0 unspecified atom stereocenters. The van der Waals surface area contributed by atoms with Gasteiger partial charge in [0.2, 0.25) is 10.0 Å². The first-order chi connectivity index (χ1) is 7.89. The minimum absolute atomic E-state index is 0.240. The zero-order valence-corrected chi connectivity index (χ0v) is 12.7. The number of halogens is 1. The molecule has 0 saturated carbocycles. The fourth-order valence-electron chi connectivity index (χ4n) is 1.38. The summed E-state index contributed by atoms with van der Waals surface area (Å²) in [5.41, 5.74) is 0. The van der Waals surface area contributed by atoms with Crippen molar-refractivity contribution in [2.75, 3.05) is 13.6 Å². The van der Waals surface area contributed by atoms with Crippen LogP contribution in [0.1, 0.15) is 25.1 Å². The van der Waals surface area contributed by atoms with Gasteiger partial charge in [-0.1, -0.05) is 13.8 Å². The predicted molar refractivity (Wildman–Crippen MR) is 73.1 cm³/mol. The Hall–Kier alpha value is -0.100. The highest BCUT2D eigenvalue weighted by Gasteiger charge is 2.24. The van der Waals surface area contributed by atoms with E-state index < -0.39 is 10.0 Å². The number of sulfonamides is 1. The van der Waals surface area contributed by atoms with E-state index in [1.807, 2.05) is 0 Å². The van der Waals surface area contributed by atoms with Gasteiger partial charge in [-0.15, -0.1) is 22.9 Å². The van der Waals surface area contributed by atoms with Crippen LogP contribution in [0, 0.1) is 5.92 Å². The molecule has 1 heterocycles. The minimum atomic E-state index is -3.37. The Kier molecular flexibility index (Phi) is 5.44. The fraction of sp³-hybridized carbons (Fsp3) is 0.636. The first-order valence-corrected chi connectivity index (χ1v) is 8.33. The van der Waals surface area contributed by atoms with Crippen molar-refractivity contribution in [1.29, 1.82) is 0 Å². The van der Waals surface area contributed by atoms with E-state index in [4.69, 9.17) is 11.6 Å². The zero-order chi connectivity index (χ0) is 13.1. The Morgan fingerprint density at radius 3 is 2.65 bits per heavy atom. The standard InChI is InChI=1S/C11H18ClNO2S2/c1-9(2)4-6-13(3)17(14,15)11-5-7-16-10(11)8-12/h5,7,9H,4,6,8H2,1-3H3. The van der Waals surface area contributed by atoms with Crippen molar-refractivity contribution in [3.05, 3.63) is 16.3 Å². The Balaban J connectivity index is 2.88. The molecule has 0 aliphatic heterocycles. The summed E-state index contributed by atoms with van der Waals surface area (Å²) < 4.78 is 25.9. The normalized spacial score (nSPS) is 12.6. The molecular formula is C11H18ClNO2S2. The SMILES string of the molecule is CC(C)CCN(C)S(=O)(=O)c1ccsc1CCl. The number of nitrogens with zero attached hydrogens (tertiary/aromatic N) is 1. The lowest BCUT2D eigenvalue weighted by atomic mass is 10.1. The Morgan fingerprint density at radius 2 is 2.12 bits per heavy atom. The molecule has 0 bridgehead atoms. The summed E-state index contributed by atoms with van der Waals surface area (Å²) in [6.07, 6.45) is 0.857. The van der Waals surface area contributed by atoms with Crippen LogP contribution in [0.25, 0.3) is 0 Å². The van der Waals surface area contributed by atoms with Crippen molar-refractivity contribution in [2.24, 2.45) is 5.92 Å². The first-order valence-electron chi connectivity index (χ1n) is 5.48. The van der Waals surface area contributed by atoms with E-state index in [1.165, 1.54) is 15.6 Å². The number of hydrogen-bond donors (Lipinski definition) is 0. The first kappa shape index (κ1) is 15.0. The van der Waals surface area contributed by atoms with Crippen LogP contribution in [-0.2, 0) is 15.9 Å². The summed E-state index contributed by atoms with van der Waals surface area (Å²) in [5, 5.41) is 1.76. The number of hydrogen-bond acceptors (Lipinski definition) is 3. The van der Waals surface area contributed by atoms with Crippen molar-refractivity contribution < 1.29 is 8.42 Å². The third kappa shape index (κ3) is 3.68. The topological polar surface area (TPSA) is 37.4 Å². The average Bonchev–Trinajstić information content (AvgIpc) is 2.74. The number of alkyl halides is 1. The molecule has 0 amide bonds. The molecule has 0 aromatic carbocycles. The van der Waals surface area contributed by atoms with E-state index in [0.717, 1.165) is 6.42 Å². The lowest BCUT2D eigenvalue weighted by Crippen LogP contribution is -2.28. The van der Waals surface area contributed by atoms with Crippen LogP contribution in [0.4, 0.5) is 0 Å². The monoisotopic (exact) mass is 295 g/mol. The maximum absolute atomic E-state index is 12.3. The predicted octanol–water partition coefficient (Wildman–Crippen LogP) is 3.15. The Morgan fingerprint density at radius 1 is 1.47 bits per heavy atom. The summed E-state index contributed by atoms with van der Waals surface area (Å²) in [6.45, 7) is 4.70. The molecule has 0 aliphatic rings. The van der Waals surface area contributed by atoms with Crippen LogP contribution in [0.5, 0.6) is 0 Å². The minimum Gasteiger partial charge on any atom is -0.207 e. The molecule has 98 valence electrons. The van der Waals surface area contributed by atoms with Crippen molar-refractivity contribution in [1.82, 2.24) is 4.31 Å². The molecule has 0 spiro atoms. The summed E-state index contributed by atoms with van der Waals surface area (Å²) >= 11 is 7.12. The molecule has 6 heteroatoms. The van der Waals surface area contributed by atoms with Gasteiger partial charge in [-0.3, -0.25) is 0 Å². The summed E-state index contributed by atoms with van der Waals surface area (Å²) in [6, 6.07) is 1.63. The van der Waals surface area contributed by atoms with E-state index in [1.54, 1.807) is 18.5 Å². The molecule has 1 aromatic rings. The fourth-order valence-corrected chi connectivity index (χ4v) is 4.24. The second-order valence-corrected chi connectivity index (χ2v) is 7.63. The smallest absolute Gasteiger partial charge is 0.207 e. The number of thiophene rings is 1. The summed E-state index contributed by atoms with van der Waals surface area (Å²) in [7, 11) is -1.76. The second kappa shape index (κ2) is 6.18. The third-order valence-corrected chi connectivity index (χ3v) is 5.95. The van der Waals surface area contributed by atoms with E-state index >= 15 is 0 Å². The van der Waals surface area contributed by atoms with Gasteiger partial charge in [0.25, 0.3) is 0 Å². The Bertz CT molecular complexity index is 454. The van der Waals surface area contributed by atoms with Crippen LogP contribution in [0.2, 0.25) is 0 Å². The van der Waals surface area contributed by atoms with Gasteiger partial charge in [0.05, 0.1) is 10.8 Å². The molecule has 0 N–H and O–H groups in total. The van der Waals surface area contributed by atoms with Gasteiger partial charge < -0.3 is 0 Å². The maximum Gasteiger partial charge on any atom is 0.243 e. The largest absolute Gasteiger partial charge is 0.243 e. The zero-order valence-electron chi connectivity index (χ0n) is 10.3.